The zero-order valence-corrected chi connectivity index (χ0v) is 18.4. The lowest BCUT2D eigenvalue weighted by atomic mass is 10.1. The second-order valence-electron chi connectivity index (χ2n) is 7.72. The molecule has 0 aliphatic carbocycles. The number of hydrogen-bond donors (Lipinski definition) is 0. The Kier molecular flexibility index (Phi) is 22.1. The van der Waals surface area contributed by atoms with Crippen molar-refractivity contribution in [3.05, 3.63) is 0 Å². The van der Waals surface area contributed by atoms with E-state index in [9.17, 15) is 0 Å². The summed E-state index contributed by atoms with van der Waals surface area (Å²) in [6, 6.07) is 0. The van der Waals surface area contributed by atoms with Crippen LogP contribution in [0.4, 0.5) is 0 Å². The highest BCUT2D eigenvalue weighted by atomic mass is 35.5. The molecular formula is C21H45Cl2N. The molecule has 0 aliphatic rings. The molecule has 0 N–H and O–H groups in total. The summed E-state index contributed by atoms with van der Waals surface area (Å²) < 4.78 is 1.29. The summed E-state index contributed by atoms with van der Waals surface area (Å²) in [6.07, 6.45) is 19.4. The maximum absolute atomic E-state index is 5.87. The van der Waals surface area contributed by atoms with E-state index in [-0.39, 0.29) is 12.4 Å². The van der Waals surface area contributed by atoms with Crippen LogP contribution in [0.1, 0.15) is 104 Å². The van der Waals surface area contributed by atoms with Crippen LogP contribution in [0.2, 0.25) is 0 Å². The first kappa shape index (κ1) is 26.8. The topological polar surface area (TPSA) is 0 Å². The Balaban J connectivity index is 0. The zero-order valence-electron chi connectivity index (χ0n) is 16.9. The van der Waals surface area contributed by atoms with Gasteiger partial charge in [0.15, 0.2) is 0 Å². The molecule has 1 nitrogen and oxygen atoms in total. The van der Waals surface area contributed by atoms with E-state index < -0.39 is 0 Å². The third kappa shape index (κ3) is 17.4. The van der Waals surface area contributed by atoms with Crippen molar-refractivity contribution >= 4 is 11.6 Å². The summed E-state index contributed by atoms with van der Waals surface area (Å²) in [5.74, 6) is 0.827. The van der Waals surface area contributed by atoms with Crippen molar-refractivity contribution in [1.82, 2.24) is 0 Å². The van der Waals surface area contributed by atoms with Crippen LogP contribution < -0.4 is 12.4 Å². The van der Waals surface area contributed by atoms with Crippen molar-refractivity contribution in [2.45, 2.75) is 104 Å². The summed E-state index contributed by atoms with van der Waals surface area (Å²) in [5, 5.41) is 0. The largest absolute Gasteiger partial charge is 1.00 e. The van der Waals surface area contributed by atoms with Gasteiger partial charge in [0.1, 0.15) is 0 Å². The van der Waals surface area contributed by atoms with E-state index in [1.54, 1.807) is 0 Å². The van der Waals surface area contributed by atoms with Crippen LogP contribution in [-0.4, -0.2) is 37.0 Å². The Morgan fingerprint density at radius 2 is 0.875 bits per heavy atom. The molecule has 0 rings (SSSR count). The molecule has 24 heavy (non-hydrogen) atoms. The van der Waals surface area contributed by atoms with E-state index in [0.717, 1.165) is 5.88 Å². The Labute approximate surface area is 164 Å². The van der Waals surface area contributed by atoms with Crippen molar-refractivity contribution in [2.75, 3.05) is 32.6 Å². The van der Waals surface area contributed by atoms with Crippen molar-refractivity contribution in [1.29, 1.82) is 0 Å². The summed E-state index contributed by atoms with van der Waals surface area (Å²) in [6.45, 7) is 8.68. The molecule has 0 aromatic rings. The van der Waals surface area contributed by atoms with Gasteiger partial charge in [-0.3, -0.25) is 0 Å². The maximum Gasteiger partial charge on any atom is 0.0784 e. The molecule has 0 saturated heterocycles. The monoisotopic (exact) mass is 381 g/mol. The van der Waals surface area contributed by atoms with E-state index in [1.807, 2.05) is 0 Å². The van der Waals surface area contributed by atoms with Crippen LogP contribution in [0.5, 0.6) is 0 Å². The minimum atomic E-state index is 0. The molecule has 0 aromatic heterocycles. The molecule has 0 heterocycles. The molecule has 3 heteroatoms. The van der Waals surface area contributed by atoms with Crippen molar-refractivity contribution in [3.8, 4) is 0 Å². The lowest BCUT2D eigenvalue weighted by Gasteiger charge is -2.35. The van der Waals surface area contributed by atoms with Gasteiger partial charge in [-0.05, 0) is 38.5 Å². The minimum Gasteiger partial charge on any atom is -1.00 e. The Morgan fingerprint density at radius 1 is 0.542 bits per heavy atom. The first-order chi connectivity index (χ1) is 11.2. The van der Waals surface area contributed by atoms with Gasteiger partial charge in [0.2, 0.25) is 0 Å². The van der Waals surface area contributed by atoms with Crippen LogP contribution in [0.3, 0.4) is 0 Å². The van der Waals surface area contributed by atoms with Crippen molar-refractivity contribution in [3.63, 3.8) is 0 Å². The van der Waals surface area contributed by atoms with Crippen LogP contribution in [0.15, 0.2) is 0 Å². The smallest absolute Gasteiger partial charge is 0.0784 e. The zero-order chi connectivity index (χ0) is 17.2. The predicted molar refractivity (Wildman–Crippen MR) is 107 cm³/mol. The Bertz CT molecular complexity index is 218. The van der Waals surface area contributed by atoms with E-state index in [2.05, 4.69) is 20.9 Å². The molecule has 0 atom stereocenters. The molecule has 148 valence electrons. The fraction of sp³-hybridized carbons (Fsp3) is 1.00. The van der Waals surface area contributed by atoms with Gasteiger partial charge in [0, 0.05) is 5.88 Å². The molecule has 0 amide bonds. The molecule has 0 aliphatic heterocycles. The maximum atomic E-state index is 5.87. The van der Waals surface area contributed by atoms with Crippen LogP contribution in [0.25, 0.3) is 0 Å². The Morgan fingerprint density at radius 3 is 1.25 bits per heavy atom. The summed E-state index contributed by atoms with van der Waals surface area (Å²) in [5.41, 5.74) is 0. The van der Waals surface area contributed by atoms with E-state index in [0.29, 0.717) is 0 Å². The third-order valence-corrected chi connectivity index (χ3v) is 5.45. The second kappa shape index (κ2) is 19.9. The second-order valence-corrected chi connectivity index (χ2v) is 8.10. The molecule has 0 saturated carbocycles. The first-order valence-corrected chi connectivity index (χ1v) is 11.1. The van der Waals surface area contributed by atoms with Crippen molar-refractivity contribution < 1.29 is 16.9 Å². The standard InChI is InChI=1S/C21H45ClN.ClH/c1-4-6-8-10-12-15-19-23(3,21-17-14-18-22)20-16-13-11-9-7-5-2;/h4-21H2,1-3H3;1H/q+1;/p-1. The third-order valence-electron chi connectivity index (χ3n) is 5.18. The number of rotatable bonds is 18. The minimum absolute atomic E-state index is 0. The van der Waals surface area contributed by atoms with Gasteiger partial charge in [-0.2, -0.15) is 0 Å². The quantitative estimate of drug-likeness (QED) is 0.190. The van der Waals surface area contributed by atoms with Gasteiger partial charge in [-0.15, -0.1) is 11.6 Å². The molecule has 0 radical (unpaired) electrons. The van der Waals surface area contributed by atoms with E-state index >= 15 is 0 Å². The van der Waals surface area contributed by atoms with Crippen LogP contribution in [-0.2, 0) is 0 Å². The van der Waals surface area contributed by atoms with Gasteiger partial charge >= 0.3 is 0 Å². The van der Waals surface area contributed by atoms with Gasteiger partial charge in [-0.1, -0.05) is 65.2 Å². The van der Waals surface area contributed by atoms with E-state index in [1.165, 1.54) is 114 Å². The van der Waals surface area contributed by atoms with E-state index in [4.69, 9.17) is 11.6 Å². The summed E-state index contributed by atoms with van der Waals surface area (Å²) >= 11 is 5.87. The number of nitrogens with zero attached hydrogens (tertiary/aromatic N) is 1. The fourth-order valence-corrected chi connectivity index (χ4v) is 3.66. The highest BCUT2D eigenvalue weighted by Gasteiger charge is 2.19. The Hall–Kier alpha value is 0.540. The van der Waals surface area contributed by atoms with Crippen LogP contribution >= 0.6 is 11.6 Å². The van der Waals surface area contributed by atoms with Gasteiger partial charge in [0.25, 0.3) is 0 Å². The first-order valence-electron chi connectivity index (χ1n) is 10.6. The normalized spacial score (nSPS) is 11.5. The fourth-order valence-electron chi connectivity index (χ4n) is 3.47. The number of unbranched alkanes of at least 4 members (excludes halogenated alkanes) is 11. The molecule has 0 aromatic carbocycles. The number of quaternary nitrogens is 1. The average Bonchev–Trinajstić information content (AvgIpc) is 2.54. The number of halogens is 2. The SMILES string of the molecule is CCCCCCCC[N+](C)(CCCCCl)CCCCCCCC.[Cl-]. The van der Waals surface area contributed by atoms with Crippen molar-refractivity contribution in [2.24, 2.45) is 0 Å². The average molecular weight is 383 g/mol. The van der Waals surface area contributed by atoms with Crippen LogP contribution in [0, 0.1) is 0 Å². The van der Waals surface area contributed by atoms with Gasteiger partial charge < -0.3 is 16.9 Å². The molecular weight excluding hydrogens is 337 g/mol. The number of hydrogen-bond acceptors (Lipinski definition) is 0. The lowest BCUT2D eigenvalue weighted by molar-refractivity contribution is -0.910. The molecule has 0 fully saturated rings. The van der Waals surface area contributed by atoms with Gasteiger partial charge in [0.05, 0.1) is 26.7 Å². The highest BCUT2D eigenvalue weighted by molar-refractivity contribution is 6.17. The molecule has 0 bridgehead atoms. The highest BCUT2D eigenvalue weighted by Crippen LogP contribution is 2.15. The molecule has 0 unspecified atom stereocenters. The number of alkyl halides is 1. The predicted octanol–water partition coefficient (Wildman–Crippen LogP) is 4.18. The summed E-state index contributed by atoms with van der Waals surface area (Å²) in [4.78, 5) is 0. The van der Waals surface area contributed by atoms with Gasteiger partial charge in [-0.25, -0.2) is 0 Å². The lowest BCUT2D eigenvalue weighted by Crippen LogP contribution is -3.00. The summed E-state index contributed by atoms with van der Waals surface area (Å²) in [7, 11) is 2.49. The molecule has 0 spiro atoms.